The zero-order valence-electron chi connectivity index (χ0n) is 13.7. The summed E-state index contributed by atoms with van der Waals surface area (Å²) in [5.74, 6) is 0.377. The number of carboxylic acid groups (broad SMARTS) is 1. The van der Waals surface area contributed by atoms with Crippen LogP contribution in [-0.4, -0.2) is 34.0 Å². The third kappa shape index (κ3) is 7.23. The quantitative estimate of drug-likeness (QED) is 0.754. The second-order valence-corrected chi connectivity index (χ2v) is 6.46. The summed E-state index contributed by atoms with van der Waals surface area (Å²) in [4.78, 5) is 17.6. The molecule has 0 saturated heterocycles. The van der Waals surface area contributed by atoms with Crippen molar-refractivity contribution in [3.63, 3.8) is 0 Å². The number of aromatic nitrogens is 1. The van der Waals surface area contributed by atoms with Crippen molar-refractivity contribution < 1.29 is 9.90 Å². The van der Waals surface area contributed by atoms with Gasteiger partial charge >= 0.3 is 5.97 Å². The second kappa shape index (κ2) is 8.78. The Kier molecular flexibility index (Phi) is 7.37. The van der Waals surface area contributed by atoms with Gasteiger partial charge in [-0.25, -0.2) is 9.78 Å². The predicted molar refractivity (Wildman–Crippen MR) is 85.4 cm³/mol. The molecule has 0 fully saturated rings. The van der Waals surface area contributed by atoms with Crippen LogP contribution in [0.15, 0.2) is 18.2 Å². The number of rotatable bonds is 9. The van der Waals surface area contributed by atoms with Gasteiger partial charge in [0.25, 0.3) is 0 Å². The number of hydrogen-bond acceptors (Lipinski definition) is 3. The number of pyridine rings is 1. The highest BCUT2D eigenvalue weighted by molar-refractivity contribution is 5.85. The van der Waals surface area contributed by atoms with Gasteiger partial charge in [0.15, 0.2) is 0 Å². The van der Waals surface area contributed by atoms with Gasteiger partial charge in [0, 0.05) is 6.54 Å². The SMILES string of the molecule is CC(C)CCN(CCC(C)C)Cc1cccc(C(=O)O)n1. The predicted octanol–water partition coefficient (Wildman–Crippen LogP) is 3.67. The maximum Gasteiger partial charge on any atom is 0.354 e. The smallest absolute Gasteiger partial charge is 0.354 e. The van der Waals surface area contributed by atoms with Gasteiger partial charge in [-0.2, -0.15) is 0 Å². The lowest BCUT2D eigenvalue weighted by Crippen LogP contribution is -2.28. The monoisotopic (exact) mass is 292 g/mol. The zero-order valence-corrected chi connectivity index (χ0v) is 13.7. The molecule has 4 heteroatoms. The number of aromatic carboxylic acids is 1. The molecule has 1 rings (SSSR count). The van der Waals surface area contributed by atoms with E-state index in [1.807, 2.05) is 6.07 Å². The Morgan fingerprint density at radius 1 is 1.14 bits per heavy atom. The summed E-state index contributed by atoms with van der Waals surface area (Å²) in [6.07, 6.45) is 2.30. The lowest BCUT2D eigenvalue weighted by molar-refractivity contribution is 0.0690. The normalized spacial score (nSPS) is 11.6. The van der Waals surface area contributed by atoms with Crippen molar-refractivity contribution in [2.24, 2.45) is 11.8 Å². The van der Waals surface area contributed by atoms with E-state index in [9.17, 15) is 4.79 Å². The molecule has 0 unspecified atom stereocenters. The van der Waals surface area contributed by atoms with Crippen LogP contribution in [0, 0.1) is 11.8 Å². The standard InChI is InChI=1S/C17H28N2O2/c1-13(2)8-10-19(11-9-14(3)4)12-15-6-5-7-16(18-15)17(20)21/h5-7,13-14H,8-12H2,1-4H3,(H,20,21). The van der Waals surface area contributed by atoms with Gasteiger partial charge in [-0.05, 0) is 49.9 Å². The molecule has 0 spiro atoms. The molecule has 1 aromatic heterocycles. The lowest BCUT2D eigenvalue weighted by Gasteiger charge is -2.24. The van der Waals surface area contributed by atoms with Crippen LogP contribution in [0.3, 0.4) is 0 Å². The Morgan fingerprint density at radius 2 is 1.71 bits per heavy atom. The summed E-state index contributed by atoms with van der Waals surface area (Å²) >= 11 is 0. The van der Waals surface area contributed by atoms with Crippen LogP contribution in [0.2, 0.25) is 0 Å². The molecule has 0 atom stereocenters. The third-order valence-electron chi connectivity index (χ3n) is 3.46. The Balaban J connectivity index is 2.69. The first-order chi connectivity index (χ1) is 9.88. The number of hydrogen-bond donors (Lipinski definition) is 1. The fourth-order valence-corrected chi connectivity index (χ4v) is 2.07. The lowest BCUT2D eigenvalue weighted by atomic mass is 10.1. The molecule has 0 aliphatic heterocycles. The number of carboxylic acids is 1. The largest absolute Gasteiger partial charge is 0.477 e. The summed E-state index contributed by atoms with van der Waals surface area (Å²) in [5.41, 5.74) is 0.961. The first kappa shape index (κ1) is 17.6. The fraction of sp³-hybridized carbons (Fsp3) is 0.647. The molecule has 0 saturated carbocycles. The summed E-state index contributed by atoms with van der Waals surface area (Å²) in [6.45, 7) is 11.7. The minimum absolute atomic E-state index is 0.125. The topological polar surface area (TPSA) is 53.4 Å². The molecule has 1 heterocycles. The molecule has 0 radical (unpaired) electrons. The van der Waals surface area contributed by atoms with Crippen LogP contribution in [-0.2, 0) is 6.54 Å². The summed E-state index contributed by atoms with van der Waals surface area (Å²) in [6, 6.07) is 5.22. The third-order valence-corrected chi connectivity index (χ3v) is 3.46. The van der Waals surface area contributed by atoms with Crippen molar-refractivity contribution >= 4 is 5.97 Å². The highest BCUT2D eigenvalue weighted by atomic mass is 16.4. The molecule has 1 N–H and O–H groups in total. The van der Waals surface area contributed by atoms with Gasteiger partial charge in [-0.15, -0.1) is 0 Å². The molecule has 0 bridgehead atoms. The zero-order chi connectivity index (χ0) is 15.8. The van der Waals surface area contributed by atoms with Gasteiger partial charge in [0.1, 0.15) is 5.69 Å². The van der Waals surface area contributed by atoms with E-state index in [0.717, 1.165) is 38.2 Å². The highest BCUT2D eigenvalue weighted by Crippen LogP contribution is 2.10. The Labute approximate surface area is 128 Å². The highest BCUT2D eigenvalue weighted by Gasteiger charge is 2.11. The van der Waals surface area contributed by atoms with Crippen LogP contribution in [0.4, 0.5) is 0 Å². The van der Waals surface area contributed by atoms with Gasteiger partial charge in [0.2, 0.25) is 0 Å². The van der Waals surface area contributed by atoms with Gasteiger partial charge in [-0.3, -0.25) is 4.90 Å². The Morgan fingerprint density at radius 3 is 2.19 bits per heavy atom. The molecule has 0 amide bonds. The molecule has 4 nitrogen and oxygen atoms in total. The average molecular weight is 292 g/mol. The fourth-order valence-electron chi connectivity index (χ4n) is 2.07. The maximum absolute atomic E-state index is 11.0. The van der Waals surface area contributed by atoms with Gasteiger partial charge in [-0.1, -0.05) is 33.8 Å². The van der Waals surface area contributed by atoms with Crippen molar-refractivity contribution in [2.45, 2.75) is 47.1 Å². The van der Waals surface area contributed by atoms with E-state index in [-0.39, 0.29) is 5.69 Å². The molecule has 0 aromatic carbocycles. The Bertz CT molecular complexity index is 432. The van der Waals surface area contributed by atoms with E-state index in [1.165, 1.54) is 0 Å². The van der Waals surface area contributed by atoms with Gasteiger partial charge in [0.05, 0.1) is 5.69 Å². The summed E-state index contributed by atoms with van der Waals surface area (Å²) < 4.78 is 0. The minimum Gasteiger partial charge on any atom is -0.477 e. The van der Waals surface area contributed by atoms with Crippen LogP contribution in [0.1, 0.15) is 56.7 Å². The van der Waals surface area contributed by atoms with Crippen molar-refractivity contribution in [2.75, 3.05) is 13.1 Å². The van der Waals surface area contributed by atoms with Crippen molar-refractivity contribution in [1.29, 1.82) is 0 Å². The van der Waals surface area contributed by atoms with Gasteiger partial charge < -0.3 is 5.11 Å². The molecular weight excluding hydrogens is 264 g/mol. The van der Waals surface area contributed by atoms with Crippen molar-refractivity contribution in [1.82, 2.24) is 9.88 Å². The second-order valence-electron chi connectivity index (χ2n) is 6.46. The molecule has 1 aromatic rings. The van der Waals surface area contributed by atoms with Crippen LogP contribution < -0.4 is 0 Å². The van der Waals surface area contributed by atoms with E-state index < -0.39 is 5.97 Å². The number of carbonyl (C=O) groups is 1. The van der Waals surface area contributed by atoms with E-state index in [0.29, 0.717) is 11.8 Å². The number of nitrogens with zero attached hydrogens (tertiary/aromatic N) is 2. The maximum atomic E-state index is 11.0. The van der Waals surface area contributed by atoms with Crippen molar-refractivity contribution in [3.8, 4) is 0 Å². The first-order valence-electron chi connectivity index (χ1n) is 7.80. The van der Waals surface area contributed by atoms with Crippen molar-refractivity contribution in [3.05, 3.63) is 29.6 Å². The van der Waals surface area contributed by atoms with E-state index in [2.05, 4.69) is 37.6 Å². The summed E-state index contributed by atoms with van der Waals surface area (Å²) in [7, 11) is 0. The molecule has 21 heavy (non-hydrogen) atoms. The van der Waals surface area contributed by atoms with E-state index >= 15 is 0 Å². The summed E-state index contributed by atoms with van der Waals surface area (Å²) in [5, 5.41) is 9.02. The molecule has 0 aliphatic rings. The molecule has 118 valence electrons. The molecule has 0 aliphatic carbocycles. The Hall–Kier alpha value is -1.42. The van der Waals surface area contributed by atoms with E-state index in [4.69, 9.17) is 5.11 Å². The van der Waals surface area contributed by atoms with Crippen LogP contribution in [0.5, 0.6) is 0 Å². The molecular formula is C17H28N2O2. The average Bonchev–Trinajstić information content (AvgIpc) is 2.41. The van der Waals surface area contributed by atoms with Crippen LogP contribution >= 0.6 is 0 Å². The van der Waals surface area contributed by atoms with E-state index in [1.54, 1.807) is 12.1 Å². The first-order valence-corrected chi connectivity index (χ1v) is 7.80. The minimum atomic E-state index is -0.965. The van der Waals surface area contributed by atoms with Crippen LogP contribution in [0.25, 0.3) is 0 Å².